The number of benzene rings is 2. The zero-order valence-electron chi connectivity index (χ0n) is 13.2. The molecule has 0 bridgehead atoms. The highest BCUT2D eigenvalue weighted by molar-refractivity contribution is 7.99. The largest absolute Gasteiger partial charge is 0.311 e. The number of rotatable bonds is 4. The second kappa shape index (κ2) is 7.18. The third-order valence-corrected chi connectivity index (χ3v) is 5.06. The molecule has 0 unspecified atom stereocenters. The number of carbonyl (C=O) groups is 1. The van der Waals surface area contributed by atoms with Crippen LogP contribution in [-0.4, -0.2) is 18.2 Å². The van der Waals surface area contributed by atoms with Gasteiger partial charge in [-0.15, -0.1) is 11.8 Å². The van der Waals surface area contributed by atoms with Gasteiger partial charge in [-0.3, -0.25) is 4.79 Å². The van der Waals surface area contributed by atoms with Crippen LogP contribution < -0.4 is 4.90 Å². The van der Waals surface area contributed by atoms with Crippen molar-refractivity contribution in [3.63, 3.8) is 0 Å². The molecule has 0 aliphatic carbocycles. The lowest BCUT2D eigenvalue weighted by Gasteiger charge is -2.29. The first-order valence-electron chi connectivity index (χ1n) is 7.85. The van der Waals surface area contributed by atoms with Crippen molar-refractivity contribution in [1.29, 1.82) is 0 Å². The van der Waals surface area contributed by atoms with E-state index < -0.39 is 0 Å². The summed E-state index contributed by atoms with van der Waals surface area (Å²) in [5.41, 5.74) is 4.29. The van der Waals surface area contributed by atoms with Gasteiger partial charge in [-0.25, -0.2) is 4.39 Å². The minimum Gasteiger partial charge on any atom is -0.311 e. The highest BCUT2D eigenvalue weighted by atomic mass is 32.2. The number of fused-ring (bicyclic) bond motifs is 1. The fourth-order valence-electron chi connectivity index (χ4n) is 2.84. The molecule has 0 saturated carbocycles. The standard InChI is InChI=1S/C19H20FNOS/c1-14-4-6-15(7-5-14)12-23-13-19(22)21-10-2-3-16-11-17(20)8-9-18(16)21/h4-9,11H,2-3,10,12-13H2,1H3. The average Bonchev–Trinajstić information content (AvgIpc) is 2.55. The predicted molar refractivity (Wildman–Crippen MR) is 94.4 cm³/mol. The molecule has 0 aromatic heterocycles. The van der Waals surface area contributed by atoms with Gasteiger partial charge < -0.3 is 4.90 Å². The van der Waals surface area contributed by atoms with Crippen LogP contribution in [0.2, 0.25) is 0 Å². The maximum atomic E-state index is 13.3. The number of amides is 1. The molecule has 2 aromatic carbocycles. The molecule has 1 heterocycles. The van der Waals surface area contributed by atoms with Crippen molar-refractivity contribution in [2.75, 3.05) is 17.2 Å². The molecular weight excluding hydrogens is 309 g/mol. The van der Waals surface area contributed by atoms with Crippen LogP contribution in [-0.2, 0) is 17.0 Å². The average molecular weight is 329 g/mol. The predicted octanol–water partition coefficient (Wildman–Crippen LogP) is 4.35. The van der Waals surface area contributed by atoms with Crippen molar-refractivity contribution in [3.8, 4) is 0 Å². The van der Waals surface area contributed by atoms with Crippen LogP contribution in [0.1, 0.15) is 23.1 Å². The van der Waals surface area contributed by atoms with Gasteiger partial charge in [0.05, 0.1) is 5.75 Å². The maximum Gasteiger partial charge on any atom is 0.236 e. The van der Waals surface area contributed by atoms with E-state index in [0.717, 1.165) is 36.4 Å². The Balaban J connectivity index is 1.60. The third-order valence-electron chi connectivity index (χ3n) is 4.08. The lowest BCUT2D eigenvalue weighted by atomic mass is 10.0. The maximum absolute atomic E-state index is 13.3. The van der Waals surface area contributed by atoms with Crippen molar-refractivity contribution in [3.05, 3.63) is 65.0 Å². The van der Waals surface area contributed by atoms with E-state index in [1.165, 1.54) is 17.2 Å². The smallest absolute Gasteiger partial charge is 0.236 e. The monoisotopic (exact) mass is 329 g/mol. The van der Waals surface area contributed by atoms with Gasteiger partial charge in [0.15, 0.2) is 0 Å². The molecule has 0 radical (unpaired) electrons. The van der Waals surface area contributed by atoms with Crippen LogP contribution in [0.5, 0.6) is 0 Å². The number of carbonyl (C=O) groups excluding carboxylic acids is 1. The summed E-state index contributed by atoms with van der Waals surface area (Å²) in [6.45, 7) is 2.79. The van der Waals surface area contributed by atoms with E-state index in [1.54, 1.807) is 28.8 Å². The van der Waals surface area contributed by atoms with Crippen LogP contribution >= 0.6 is 11.8 Å². The molecule has 1 aliphatic heterocycles. The van der Waals surface area contributed by atoms with E-state index in [0.29, 0.717) is 5.75 Å². The van der Waals surface area contributed by atoms with Gasteiger partial charge >= 0.3 is 0 Å². The van der Waals surface area contributed by atoms with Gasteiger partial charge in [0, 0.05) is 18.0 Å². The Morgan fingerprint density at radius 2 is 2.00 bits per heavy atom. The van der Waals surface area contributed by atoms with E-state index in [-0.39, 0.29) is 11.7 Å². The molecule has 4 heteroatoms. The SMILES string of the molecule is Cc1ccc(CSCC(=O)N2CCCc3cc(F)ccc32)cc1. The van der Waals surface area contributed by atoms with Crippen LogP contribution in [0.4, 0.5) is 10.1 Å². The summed E-state index contributed by atoms with van der Waals surface area (Å²) in [7, 11) is 0. The van der Waals surface area contributed by atoms with E-state index in [4.69, 9.17) is 0 Å². The summed E-state index contributed by atoms with van der Waals surface area (Å²) in [6, 6.07) is 13.1. The second-order valence-electron chi connectivity index (χ2n) is 5.90. The highest BCUT2D eigenvalue weighted by Crippen LogP contribution is 2.28. The zero-order valence-corrected chi connectivity index (χ0v) is 14.0. The molecule has 2 aromatic rings. The fraction of sp³-hybridized carbons (Fsp3) is 0.316. The second-order valence-corrected chi connectivity index (χ2v) is 6.89. The molecule has 0 spiro atoms. The third kappa shape index (κ3) is 3.94. The summed E-state index contributed by atoms with van der Waals surface area (Å²) in [4.78, 5) is 14.3. The Morgan fingerprint density at radius 3 is 2.78 bits per heavy atom. The van der Waals surface area contributed by atoms with E-state index in [9.17, 15) is 9.18 Å². The summed E-state index contributed by atoms with van der Waals surface area (Å²) in [5.74, 6) is 1.15. The molecule has 0 saturated heterocycles. The topological polar surface area (TPSA) is 20.3 Å². The first kappa shape index (κ1) is 16.1. The number of aryl methyl sites for hydroxylation is 2. The molecule has 1 amide bonds. The van der Waals surface area contributed by atoms with Crippen molar-refractivity contribution < 1.29 is 9.18 Å². The molecule has 23 heavy (non-hydrogen) atoms. The first-order valence-corrected chi connectivity index (χ1v) is 9.01. The number of thioether (sulfide) groups is 1. The summed E-state index contributed by atoms with van der Waals surface area (Å²) in [6.07, 6.45) is 1.73. The van der Waals surface area contributed by atoms with E-state index >= 15 is 0 Å². The van der Waals surface area contributed by atoms with E-state index in [2.05, 4.69) is 31.2 Å². The summed E-state index contributed by atoms with van der Waals surface area (Å²) >= 11 is 1.63. The van der Waals surface area contributed by atoms with Crippen molar-refractivity contribution in [2.45, 2.75) is 25.5 Å². The van der Waals surface area contributed by atoms with Crippen LogP contribution in [0, 0.1) is 12.7 Å². The Morgan fingerprint density at radius 1 is 1.22 bits per heavy atom. The zero-order chi connectivity index (χ0) is 16.2. The minimum atomic E-state index is -0.230. The molecule has 1 aliphatic rings. The van der Waals surface area contributed by atoms with Crippen LogP contribution in [0.25, 0.3) is 0 Å². The van der Waals surface area contributed by atoms with Gasteiger partial charge in [-0.05, 0) is 49.1 Å². The number of halogens is 1. The van der Waals surface area contributed by atoms with Crippen LogP contribution in [0.3, 0.4) is 0 Å². The lowest BCUT2D eigenvalue weighted by Crippen LogP contribution is -2.36. The Kier molecular flexibility index (Phi) is 5.01. The van der Waals surface area contributed by atoms with Gasteiger partial charge in [-0.1, -0.05) is 29.8 Å². The van der Waals surface area contributed by atoms with Crippen molar-refractivity contribution >= 4 is 23.4 Å². The number of hydrogen-bond acceptors (Lipinski definition) is 2. The number of anilines is 1. The van der Waals surface area contributed by atoms with Gasteiger partial charge in [-0.2, -0.15) is 0 Å². The van der Waals surface area contributed by atoms with Crippen molar-refractivity contribution in [1.82, 2.24) is 0 Å². The normalized spacial score (nSPS) is 13.7. The quantitative estimate of drug-likeness (QED) is 0.831. The Bertz CT molecular complexity index is 699. The van der Waals surface area contributed by atoms with Gasteiger partial charge in [0.2, 0.25) is 5.91 Å². The molecule has 0 atom stereocenters. The van der Waals surface area contributed by atoms with Crippen LogP contribution in [0.15, 0.2) is 42.5 Å². The number of nitrogens with zero attached hydrogens (tertiary/aromatic N) is 1. The Hall–Kier alpha value is -1.81. The van der Waals surface area contributed by atoms with Gasteiger partial charge in [0.1, 0.15) is 5.82 Å². The van der Waals surface area contributed by atoms with Crippen molar-refractivity contribution in [2.24, 2.45) is 0 Å². The van der Waals surface area contributed by atoms with E-state index in [1.807, 2.05) is 0 Å². The molecule has 0 fully saturated rings. The van der Waals surface area contributed by atoms with Gasteiger partial charge in [0.25, 0.3) is 0 Å². The minimum absolute atomic E-state index is 0.106. The molecule has 2 nitrogen and oxygen atoms in total. The summed E-state index contributed by atoms with van der Waals surface area (Å²) < 4.78 is 13.3. The molecule has 0 N–H and O–H groups in total. The lowest BCUT2D eigenvalue weighted by molar-refractivity contribution is -0.116. The fourth-order valence-corrected chi connectivity index (χ4v) is 3.70. The molecule has 3 rings (SSSR count). The first-order chi connectivity index (χ1) is 11.1. The summed E-state index contributed by atoms with van der Waals surface area (Å²) in [5, 5.41) is 0. The Labute approximate surface area is 140 Å². The molecular formula is C19H20FNOS. The molecule has 120 valence electrons. The number of hydrogen-bond donors (Lipinski definition) is 0. The highest BCUT2D eigenvalue weighted by Gasteiger charge is 2.22.